The van der Waals surface area contributed by atoms with E-state index < -0.39 is 0 Å². The smallest absolute Gasteiger partial charge is 0.0101 e. The summed E-state index contributed by atoms with van der Waals surface area (Å²) in [5.41, 5.74) is 1.53. The first kappa shape index (κ1) is 12.5. The van der Waals surface area contributed by atoms with Crippen molar-refractivity contribution < 1.29 is 0 Å². The Morgan fingerprint density at radius 1 is 0.789 bits per heavy atom. The Morgan fingerprint density at radius 2 is 1.32 bits per heavy atom. The number of halogens is 1. The maximum absolute atomic E-state index is 3.39. The molecule has 19 heavy (non-hydrogen) atoms. The fourth-order valence-electron chi connectivity index (χ4n) is 2.98. The fourth-order valence-corrected chi connectivity index (χ4v) is 2.98. The van der Waals surface area contributed by atoms with E-state index in [-0.39, 0.29) is 12.4 Å². The summed E-state index contributed by atoms with van der Waals surface area (Å²) in [6, 6.07) is 19.8. The molecule has 1 fully saturated rings. The molecule has 4 rings (SSSR count). The van der Waals surface area contributed by atoms with Crippen molar-refractivity contribution in [2.24, 2.45) is 0 Å². The lowest BCUT2D eigenvalue weighted by molar-refractivity contribution is 0.453. The van der Waals surface area contributed by atoms with E-state index in [9.17, 15) is 0 Å². The van der Waals surface area contributed by atoms with Crippen molar-refractivity contribution in [2.45, 2.75) is 5.92 Å². The van der Waals surface area contributed by atoms with Gasteiger partial charge in [0, 0.05) is 19.0 Å². The molecule has 0 atom stereocenters. The molecule has 0 amide bonds. The summed E-state index contributed by atoms with van der Waals surface area (Å²) >= 11 is 0. The van der Waals surface area contributed by atoms with Gasteiger partial charge in [0.1, 0.15) is 0 Å². The molecule has 0 aliphatic carbocycles. The minimum absolute atomic E-state index is 0. The Labute approximate surface area is 119 Å². The first-order chi connectivity index (χ1) is 8.93. The van der Waals surface area contributed by atoms with Gasteiger partial charge in [-0.15, -0.1) is 12.4 Å². The van der Waals surface area contributed by atoms with Crippen LogP contribution in [0.2, 0.25) is 0 Å². The highest BCUT2D eigenvalue weighted by Gasteiger charge is 2.22. The Hall–Kier alpha value is -1.57. The molecule has 0 spiro atoms. The molecular weight excluding hydrogens is 254 g/mol. The molecule has 0 aromatic heterocycles. The first-order valence-electron chi connectivity index (χ1n) is 6.54. The average molecular weight is 270 g/mol. The van der Waals surface area contributed by atoms with Gasteiger partial charge in [-0.1, -0.05) is 48.5 Å². The summed E-state index contributed by atoms with van der Waals surface area (Å²) in [6.07, 6.45) is 0. The summed E-state index contributed by atoms with van der Waals surface area (Å²) in [6.45, 7) is 2.22. The summed E-state index contributed by atoms with van der Waals surface area (Å²) < 4.78 is 0. The highest BCUT2D eigenvalue weighted by molar-refractivity contribution is 6.02. The molecule has 3 aromatic rings. The van der Waals surface area contributed by atoms with Crippen LogP contribution in [-0.2, 0) is 0 Å². The van der Waals surface area contributed by atoms with E-state index in [1.807, 2.05) is 0 Å². The number of benzene rings is 3. The summed E-state index contributed by atoms with van der Waals surface area (Å²) in [4.78, 5) is 0. The highest BCUT2D eigenvalue weighted by Crippen LogP contribution is 2.35. The van der Waals surface area contributed by atoms with Crippen molar-refractivity contribution in [3.63, 3.8) is 0 Å². The second-order valence-corrected chi connectivity index (χ2v) is 5.09. The molecule has 1 N–H and O–H groups in total. The SMILES string of the molecule is Cl.c1ccc2c(C3CNC3)c3ccccc3cc2c1. The van der Waals surface area contributed by atoms with Crippen molar-refractivity contribution in [3.05, 3.63) is 60.2 Å². The van der Waals surface area contributed by atoms with Gasteiger partial charge in [-0.25, -0.2) is 0 Å². The van der Waals surface area contributed by atoms with Crippen LogP contribution in [0, 0.1) is 0 Å². The van der Waals surface area contributed by atoms with E-state index in [1.165, 1.54) is 27.1 Å². The second kappa shape index (κ2) is 4.84. The molecule has 0 radical (unpaired) electrons. The van der Waals surface area contributed by atoms with Crippen LogP contribution in [0.25, 0.3) is 21.5 Å². The monoisotopic (exact) mass is 269 g/mol. The minimum Gasteiger partial charge on any atom is -0.315 e. The van der Waals surface area contributed by atoms with Crippen molar-refractivity contribution in [1.29, 1.82) is 0 Å². The molecule has 1 aliphatic rings. The van der Waals surface area contributed by atoms with E-state index in [0.29, 0.717) is 5.92 Å². The van der Waals surface area contributed by atoms with E-state index in [0.717, 1.165) is 13.1 Å². The fraction of sp³-hybridized carbons (Fsp3) is 0.176. The molecule has 1 saturated heterocycles. The maximum Gasteiger partial charge on any atom is 0.0101 e. The predicted molar refractivity (Wildman–Crippen MR) is 84.3 cm³/mol. The molecule has 3 aromatic carbocycles. The lowest BCUT2D eigenvalue weighted by atomic mass is 9.85. The normalized spacial score (nSPS) is 15.2. The summed E-state index contributed by atoms with van der Waals surface area (Å²) in [7, 11) is 0. The van der Waals surface area contributed by atoms with E-state index in [2.05, 4.69) is 59.9 Å². The maximum atomic E-state index is 3.39. The van der Waals surface area contributed by atoms with Gasteiger partial charge in [0.15, 0.2) is 0 Å². The largest absolute Gasteiger partial charge is 0.315 e. The first-order valence-corrected chi connectivity index (χ1v) is 6.54. The zero-order chi connectivity index (χ0) is 11.9. The zero-order valence-electron chi connectivity index (χ0n) is 10.6. The molecule has 2 heteroatoms. The minimum atomic E-state index is 0. The molecule has 0 bridgehead atoms. The van der Waals surface area contributed by atoms with Gasteiger partial charge in [0.05, 0.1) is 0 Å². The summed E-state index contributed by atoms with van der Waals surface area (Å²) in [5.74, 6) is 0.668. The Morgan fingerprint density at radius 3 is 1.79 bits per heavy atom. The van der Waals surface area contributed by atoms with Gasteiger partial charge >= 0.3 is 0 Å². The van der Waals surface area contributed by atoms with Crippen molar-refractivity contribution in [2.75, 3.05) is 13.1 Å². The molecule has 96 valence electrons. The molecule has 0 unspecified atom stereocenters. The second-order valence-electron chi connectivity index (χ2n) is 5.09. The van der Waals surface area contributed by atoms with E-state index in [4.69, 9.17) is 0 Å². The van der Waals surface area contributed by atoms with Gasteiger partial charge < -0.3 is 5.32 Å². The average Bonchev–Trinajstić information content (AvgIpc) is 2.36. The van der Waals surface area contributed by atoms with Gasteiger partial charge in [-0.3, -0.25) is 0 Å². The predicted octanol–water partition coefficient (Wildman–Crippen LogP) is 4.10. The van der Waals surface area contributed by atoms with Crippen molar-refractivity contribution in [1.82, 2.24) is 5.32 Å². The standard InChI is InChI=1S/C17H15N.ClH/c1-3-7-15-12(5-1)9-13-6-2-4-8-16(13)17(15)14-10-18-11-14;/h1-9,14,18H,10-11H2;1H. The number of hydrogen-bond donors (Lipinski definition) is 1. The van der Waals surface area contributed by atoms with Crippen molar-refractivity contribution >= 4 is 34.0 Å². The zero-order valence-corrected chi connectivity index (χ0v) is 11.4. The third kappa shape index (κ3) is 1.90. The van der Waals surface area contributed by atoms with Crippen LogP contribution in [0.1, 0.15) is 11.5 Å². The van der Waals surface area contributed by atoms with Crippen LogP contribution in [0.5, 0.6) is 0 Å². The number of rotatable bonds is 1. The number of hydrogen-bond acceptors (Lipinski definition) is 1. The third-order valence-corrected chi connectivity index (χ3v) is 4.00. The molecule has 1 heterocycles. The molecule has 1 aliphatic heterocycles. The third-order valence-electron chi connectivity index (χ3n) is 4.00. The van der Waals surface area contributed by atoms with E-state index in [1.54, 1.807) is 0 Å². The van der Waals surface area contributed by atoms with Crippen LogP contribution < -0.4 is 5.32 Å². The Kier molecular flexibility index (Phi) is 3.17. The summed E-state index contributed by atoms with van der Waals surface area (Å²) in [5, 5.41) is 8.95. The lowest BCUT2D eigenvalue weighted by Crippen LogP contribution is -2.40. The van der Waals surface area contributed by atoms with Crippen LogP contribution in [-0.4, -0.2) is 13.1 Å². The van der Waals surface area contributed by atoms with Crippen LogP contribution in [0.15, 0.2) is 54.6 Å². The quantitative estimate of drug-likeness (QED) is 0.656. The van der Waals surface area contributed by atoms with Crippen LogP contribution in [0.4, 0.5) is 0 Å². The van der Waals surface area contributed by atoms with Crippen molar-refractivity contribution in [3.8, 4) is 0 Å². The molecular formula is C17H16ClN. The lowest BCUT2D eigenvalue weighted by Gasteiger charge is -2.30. The number of nitrogens with one attached hydrogen (secondary N) is 1. The molecule has 1 nitrogen and oxygen atoms in total. The number of fused-ring (bicyclic) bond motifs is 2. The van der Waals surface area contributed by atoms with Gasteiger partial charge in [-0.05, 0) is 33.2 Å². The van der Waals surface area contributed by atoms with Crippen LogP contribution in [0.3, 0.4) is 0 Å². The van der Waals surface area contributed by atoms with Gasteiger partial charge in [0.2, 0.25) is 0 Å². The van der Waals surface area contributed by atoms with Gasteiger partial charge in [0.25, 0.3) is 0 Å². The van der Waals surface area contributed by atoms with Gasteiger partial charge in [-0.2, -0.15) is 0 Å². The highest BCUT2D eigenvalue weighted by atomic mass is 35.5. The van der Waals surface area contributed by atoms with E-state index >= 15 is 0 Å². The van der Waals surface area contributed by atoms with Crippen LogP contribution >= 0.6 is 12.4 Å². The Balaban J connectivity index is 0.00000110. The molecule has 0 saturated carbocycles. The topological polar surface area (TPSA) is 12.0 Å². The Bertz CT molecular complexity index is 677.